The van der Waals surface area contributed by atoms with E-state index in [-0.39, 0.29) is 0 Å². The highest BCUT2D eigenvalue weighted by molar-refractivity contribution is 5.18. The molecule has 1 nitrogen and oxygen atoms in total. The molecule has 0 radical (unpaired) electrons. The fraction of sp³-hybridized carbons (Fsp3) is 0.714. The lowest BCUT2D eigenvalue weighted by Crippen LogP contribution is -2.07. The Bertz CT molecular complexity index is 141. The SMILES string of the molecule is CC.CC.CC(C)C.CC1=CNCC=C1. The van der Waals surface area contributed by atoms with Crippen LogP contribution < -0.4 is 5.32 Å². The summed E-state index contributed by atoms with van der Waals surface area (Å²) in [6, 6.07) is 0. The molecule has 0 atom stereocenters. The van der Waals surface area contributed by atoms with E-state index in [1.165, 1.54) is 5.57 Å². The zero-order chi connectivity index (χ0) is 12.7. The number of allylic oxidation sites excluding steroid dienone is 2. The summed E-state index contributed by atoms with van der Waals surface area (Å²) in [5, 5.41) is 3.09. The third-order valence-corrected chi connectivity index (χ3v) is 0.946. The lowest BCUT2D eigenvalue weighted by atomic mass is 10.2. The number of hydrogen-bond acceptors (Lipinski definition) is 1. The first-order valence-electron chi connectivity index (χ1n) is 6.19. The van der Waals surface area contributed by atoms with Gasteiger partial charge in [-0.1, -0.05) is 60.6 Å². The molecule has 0 aromatic rings. The van der Waals surface area contributed by atoms with Crippen LogP contribution in [0.15, 0.2) is 23.9 Å². The molecule has 0 unspecified atom stereocenters. The summed E-state index contributed by atoms with van der Waals surface area (Å²) < 4.78 is 0. The molecule has 0 amide bonds. The summed E-state index contributed by atoms with van der Waals surface area (Å²) in [6.45, 7) is 17.6. The van der Waals surface area contributed by atoms with Crippen LogP contribution in [0.5, 0.6) is 0 Å². The minimum Gasteiger partial charge on any atom is -0.387 e. The average molecular weight is 213 g/mol. The first kappa shape index (κ1) is 19.8. The van der Waals surface area contributed by atoms with Crippen LogP contribution in [-0.2, 0) is 0 Å². The molecule has 0 bridgehead atoms. The topological polar surface area (TPSA) is 12.0 Å². The molecule has 0 saturated carbocycles. The number of dihydropyridines is 1. The van der Waals surface area contributed by atoms with Gasteiger partial charge < -0.3 is 5.32 Å². The van der Waals surface area contributed by atoms with Gasteiger partial charge in [0.05, 0.1) is 0 Å². The molecule has 0 fully saturated rings. The minimum absolute atomic E-state index is 0.833. The quantitative estimate of drug-likeness (QED) is 0.611. The second-order valence-electron chi connectivity index (χ2n) is 3.43. The van der Waals surface area contributed by atoms with Gasteiger partial charge in [-0.15, -0.1) is 0 Å². The second kappa shape index (κ2) is 18.9. The summed E-state index contributed by atoms with van der Waals surface area (Å²) >= 11 is 0. The van der Waals surface area contributed by atoms with Crippen molar-refractivity contribution < 1.29 is 0 Å². The zero-order valence-electron chi connectivity index (χ0n) is 12.0. The monoisotopic (exact) mass is 213 g/mol. The maximum Gasteiger partial charge on any atom is 0.0328 e. The normalized spacial score (nSPS) is 11.7. The smallest absolute Gasteiger partial charge is 0.0328 e. The Morgan fingerprint density at radius 1 is 1.07 bits per heavy atom. The van der Waals surface area contributed by atoms with Crippen molar-refractivity contribution in [3.63, 3.8) is 0 Å². The highest BCUT2D eigenvalue weighted by Crippen LogP contribution is 1.94. The molecule has 0 spiro atoms. The van der Waals surface area contributed by atoms with Crippen molar-refractivity contribution in [2.24, 2.45) is 5.92 Å². The van der Waals surface area contributed by atoms with Gasteiger partial charge in [-0.05, 0) is 24.6 Å². The van der Waals surface area contributed by atoms with Gasteiger partial charge in [0.15, 0.2) is 0 Å². The lowest BCUT2D eigenvalue weighted by Gasteiger charge is -2.00. The van der Waals surface area contributed by atoms with Gasteiger partial charge >= 0.3 is 0 Å². The van der Waals surface area contributed by atoms with Crippen molar-refractivity contribution in [3.8, 4) is 0 Å². The van der Waals surface area contributed by atoms with Crippen molar-refractivity contribution in [3.05, 3.63) is 23.9 Å². The van der Waals surface area contributed by atoms with Crippen molar-refractivity contribution >= 4 is 0 Å². The van der Waals surface area contributed by atoms with Crippen molar-refractivity contribution in [2.45, 2.75) is 55.4 Å². The van der Waals surface area contributed by atoms with Crippen LogP contribution in [0.3, 0.4) is 0 Å². The Hall–Kier alpha value is -0.720. The van der Waals surface area contributed by atoms with Gasteiger partial charge in [0.2, 0.25) is 0 Å². The van der Waals surface area contributed by atoms with Crippen molar-refractivity contribution in [1.29, 1.82) is 0 Å². The molecule has 1 rings (SSSR count). The molecule has 1 heteroatoms. The van der Waals surface area contributed by atoms with Gasteiger partial charge in [-0.25, -0.2) is 0 Å². The third kappa shape index (κ3) is 31.9. The van der Waals surface area contributed by atoms with Gasteiger partial charge in [-0.3, -0.25) is 0 Å². The van der Waals surface area contributed by atoms with Crippen LogP contribution in [0, 0.1) is 5.92 Å². The van der Waals surface area contributed by atoms with Crippen molar-refractivity contribution in [1.82, 2.24) is 5.32 Å². The summed E-state index contributed by atoms with van der Waals surface area (Å²) in [5.41, 5.74) is 1.30. The molecule has 0 aromatic heterocycles. The van der Waals surface area contributed by atoms with E-state index in [1.807, 2.05) is 33.9 Å². The maximum absolute atomic E-state index is 3.09. The highest BCUT2D eigenvalue weighted by atomic mass is 14.8. The van der Waals surface area contributed by atoms with Gasteiger partial charge in [-0.2, -0.15) is 0 Å². The fourth-order valence-corrected chi connectivity index (χ4v) is 0.581. The van der Waals surface area contributed by atoms with E-state index in [2.05, 4.69) is 45.2 Å². The van der Waals surface area contributed by atoms with Crippen LogP contribution in [-0.4, -0.2) is 6.54 Å². The van der Waals surface area contributed by atoms with Gasteiger partial charge in [0, 0.05) is 6.54 Å². The standard InChI is InChI=1S/C6H9N.C4H10.2C2H6/c1-6-3-2-4-7-5-6;1-4(2)3;2*1-2/h2-3,5,7H,4H2,1H3;4H,1-3H3;2*1-2H3. The minimum atomic E-state index is 0.833. The van der Waals surface area contributed by atoms with Crippen LogP contribution in [0.1, 0.15) is 55.4 Å². The number of rotatable bonds is 0. The maximum atomic E-state index is 3.09. The van der Waals surface area contributed by atoms with E-state index in [4.69, 9.17) is 0 Å². The van der Waals surface area contributed by atoms with E-state index in [9.17, 15) is 0 Å². The summed E-state index contributed by atoms with van der Waals surface area (Å²) in [5.74, 6) is 0.833. The molecule has 15 heavy (non-hydrogen) atoms. The number of hydrogen-bond donors (Lipinski definition) is 1. The molecule has 1 heterocycles. The van der Waals surface area contributed by atoms with Gasteiger partial charge in [0.25, 0.3) is 0 Å². The molecule has 0 aromatic carbocycles. The Morgan fingerprint density at radius 3 is 1.60 bits per heavy atom. The first-order valence-corrected chi connectivity index (χ1v) is 6.19. The first-order chi connectivity index (χ1) is 7.13. The molecular formula is C14H31N. The highest BCUT2D eigenvalue weighted by Gasteiger charge is 1.84. The second-order valence-corrected chi connectivity index (χ2v) is 3.43. The fourth-order valence-electron chi connectivity index (χ4n) is 0.581. The molecule has 0 aliphatic carbocycles. The van der Waals surface area contributed by atoms with Gasteiger partial charge in [0.1, 0.15) is 0 Å². The van der Waals surface area contributed by atoms with E-state index < -0.39 is 0 Å². The number of nitrogens with one attached hydrogen (secondary N) is 1. The summed E-state index contributed by atoms with van der Waals surface area (Å²) in [6.07, 6.45) is 6.23. The van der Waals surface area contributed by atoms with E-state index >= 15 is 0 Å². The summed E-state index contributed by atoms with van der Waals surface area (Å²) in [4.78, 5) is 0. The Morgan fingerprint density at radius 2 is 1.47 bits per heavy atom. The molecule has 0 saturated heterocycles. The zero-order valence-corrected chi connectivity index (χ0v) is 12.0. The molecule has 92 valence electrons. The largest absolute Gasteiger partial charge is 0.387 e. The lowest BCUT2D eigenvalue weighted by molar-refractivity contribution is 0.737. The average Bonchev–Trinajstić information content (AvgIpc) is 2.24. The van der Waals surface area contributed by atoms with Crippen LogP contribution in [0.25, 0.3) is 0 Å². The third-order valence-electron chi connectivity index (χ3n) is 0.946. The summed E-state index contributed by atoms with van der Waals surface area (Å²) in [7, 11) is 0. The van der Waals surface area contributed by atoms with E-state index in [0.717, 1.165) is 12.5 Å². The van der Waals surface area contributed by atoms with Crippen molar-refractivity contribution in [2.75, 3.05) is 6.54 Å². The van der Waals surface area contributed by atoms with E-state index in [1.54, 1.807) is 0 Å². The van der Waals surface area contributed by atoms with Crippen LogP contribution in [0.4, 0.5) is 0 Å². The Labute approximate surface area is 97.7 Å². The molecular weight excluding hydrogens is 182 g/mol. The predicted molar refractivity (Wildman–Crippen MR) is 74.1 cm³/mol. The molecule has 1 aliphatic heterocycles. The van der Waals surface area contributed by atoms with Crippen LogP contribution >= 0.6 is 0 Å². The Kier molecular flexibility index (Phi) is 25.0. The molecule has 1 aliphatic rings. The Balaban J connectivity index is -0.000000156. The van der Waals surface area contributed by atoms with E-state index in [0.29, 0.717) is 0 Å². The predicted octanol–water partition coefficient (Wildman–Crippen LogP) is 4.76. The molecule has 1 N–H and O–H groups in total. The van der Waals surface area contributed by atoms with Crippen LogP contribution in [0.2, 0.25) is 0 Å².